The fourth-order valence-electron chi connectivity index (χ4n) is 3.15. The Hall–Kier alpha value is -3.01. The number of guanidine groups is 1. The molecule has 8 nitrogen and oxygen atoms in total. The zero-order chi connectivity index (χ0) is 22.0. The monoisotopic (exact) mass is 438 g/mol. The summed E-state index contributed by atoms with van der Waals surface area (Å²) in [6, 6.07) is 3.78. The molecule has 1 atom stereocenters. The van der Waals surface area contributed by atoms with Gasteiger partial charge in [0.15, 0.2) is 5.96 Å². The minimum Gasteiger partial charge on any atom is -0.479 e. The summed E-state index contributed by atoms with van der Waals surface area (Å²) < 4.78 is 33.1. The van der Waals surface area contributed by atoms with Crippen LogP contribution in [0.15, 0.2) is 18.2 Å². The highest BCUT2D eigenvalue weighted by atomic mass is 35.5. The summed E-state index contributed by atoms with van der Waals surface area (Å²) in [7, 11) is 2.75. The number of likely N-dealkylation sites (N-methyl/N-ethyl adjacent to an activating group) is 1. The Morgan fingerprint density at radius 3 is 2.77 bits per heavy atom. The van der Waals surface area contributed by atoms with Gasteiger partial charge in [0.2, 0.25) is 17.7 Å². The van der Waals surface area contributed by atoms with Crippen molar-refractivity contribution in [2.45, 2.75) is 12.8 Å². The van der Waals surface area contributed by atoms with Gasteiger partial charge in [-0.2, -0.15) is 9.37 Å². The van der Waals surface area contributed by atoms with Gasteiger partial charge in [-0.3, -0.25) is 15.1 Å². The first-order chi connectivity index (χ1) is 14.2. The van der Waals surface area contributed by atoms with Crippen molar-refractivity contribution in [2.75, 3.05) is 38.7 Å². The summed E-state index contributed by atoms with van der Waals surface area (Å²) in [6.45, 7) is 2.10. The number of aromatic nitrogens is 2. The molecule has 1 aromatic carbocycles. The van der Waals surface area contributed by atoms with Crippen molar-refractivity contribution in [3.8, 4) is 5.88 Å². The van der Waals surface area contributed by atoms with Gasteiger partial charge in [0.25, 0.3) is 5.88 Å². The maximum Gasteiger partial charge on any atom is 0.255 e. The van der Waals surface area contributed by atoms with Crippen molar-refractivity contribution in [3.63, 3.8) is 0 Å². The Bertz CT molecular complexity index is 990. The quantitative estimate of drug-likeness (QED) is 0.763. The summed E-state index contributed by atoms with van der Waals surface area (Å²) >= 11 is 6.28. The minimum atomic E-state index is -0.918. The molecule has 0 radical (unpaired) electrons. The maximum atomic E-state index is 14.1. The lowest BCUT2D eigenvalue weighted by Crippen LogP contribution is -2.44. The van der Waals surface area contributed by atoms with Crippen molar-refractivity contribution in [3.05, 3.63) is 46.1 Å². The number of methoxy groups -OCH3 is 1. The van der Waals surface area contributed by atoms with Crippen LogP contribution >= 0.6 is 11.6 Å². The number of hydrogen-bond acceptors (Lipinski definition) is 6. The molecule has 3 rings (SSSR count). The van der Waals surface area contributed by atoms with Gasteiger partial charge in [-0.15, -0.1) is 0 Å². The average Bonchev–Trinajstić information content (AvgIpc) is 2.77. The van der Waals surface area contributed by atoms with Gasteiger partial charge in [-0.25, -0.2) is 9.37 Å². The smallest absolute Gasteiger partial charge is 0.255 e. The fourth-order valence-corrected chi connectivity index (χ4v) is 3.40. The van der Waals surface area contributed by atoms with Crippen LogP contribution in [0.4, 0.5) is 14.7 Å². The van der Waals surface area contributed by atoms with E-state index < -0.39 is 23.5 Å². The molecule has 1 aliphatic heterocycles. The number of nitrogens with one attached hydrogen (secondary N) is 2. The van der Waals surface area contributed by atoms with Crippen molar-refractivity contribution < 1.29 is 18.3 Å². The molecule has 1 amide bonds. The van der Waals surface area contributed by atoms with Gasteiger partial charge in [-0.1, -0.05) is 11.6 Å². The first-order valence-corrected chi connectivity index (χ1v) is 9.48. The second-order valence-corrected chi connectivity index (χ2v) is 7.18. The topological polar surface area (TPSA) is 94.4 Å². The fraction of sp³-hybridized carbons (Fsp3) is 0.368. The van der Waals surface area contributed by atoms with Gasteiger partial charge in [0, 0.05) is 31.7 Å². The van der Waals surface area contributed by atoms with Crippen LogP contribution in [0.1, 0.15) is 17.2 Å². The van der Waals surface area contributed by atoms with E-state index in [9.17, 15) is 13.6 Å². The third kappa shape index (κ3) is 4.28. The van der Waals surface area contributed by atoms with Crippen molar-refractivity contribution in [1.29, 1.82) is 5.41 Å². The number of carbonyl (C=O) groups excluding carboxylic acids is 1. The van der Waals surface area contributed by atoms with E-state index in [0.29, 0.717) is 13.1 Å². The van der Waals surface area contributed by atoms with Crippen LogP contribution < -0.4 is 15.0 Å². The molecule has 2 N–H and O–H groups in total. The van der Waals surface area contributed by atoms with E-state index in [1.165, 1.54) is 39.3 Å². The molecule has 30 heavy (non-hydrogen) atoms. The number of nitrogens with zero attached hydrogens (tertiary/aromatic N) is 4. The Morgan fingerprint density at radius 1 is 1.33 bits per heavy atom. The van der Waals surface area contributed by atoms with Crippen molar-refractivity contribution in [2.24, 2.45) is 0 Å². The molecule has 0 aliphatic carbocycles. The van der Waals surface area contributed by atoms with Crippen LogP contribution in [0.3, 0.4) is 0 Å². The lowest BCUT2D eigenvalue weighted by molar-refractivity contribution is -0.127. The predicted octanol–water partition coefficient (Wildman–Crippen LogP) is 2.31. The lowest BCUT2D eigenvalue weighted by atomic mass is 9.96. The van der Waals surface area contributed by atoms with Crippen molar-refractivity contribution in [1.82, 2.24) is 20.2 Å². The van der Waals surface area contributed by atoms with Crippen LogP contribution in [0.25, 0.3) is 0 Å². The highest BCUT2D eigenvalue weighted by Gasteiger charge is 2.32. The summed E-state index contributed by atoms with van der Waals surface area (Å²) in [6.07, 6.45) is 0. The van der Waals surface area contributed by atoms with Gasteiger partial charge in [0.05, 0.1) is 18.7 Å². The number of rotatable bonds is 3. The van der Waals surface area contributed by atoms with Crippen LogP contribution in [0.5, 0.6) is 5.88 Å². The Kier molecular flexibility index (Phi) is 6.35. The first-order valence-electron chi connectivity index (χ1n) is 9.11. The normalized spacial score (nSPS) is 17.9. The predicted molar refractivity (Wildman–Crippen MR) is 108 cm³/mol. The summed E-state index contributed by atoms with van der Waals surface area (Å²) in [5.74, 6) is -2.77. The third-order valence-electron chi connectivity index (χ3n) is 4.83. The summed E-state index contributed by atoms with van der Waals surface area (Å²) in [5, 5.41) is 11.1. The van der Waals surface area contributed by atoms with E-state index in [4.69, 9.17) is 21.7 Å². The first kappa shape index (κ1) is 21.7. The van der Waals surface area contributed by atoms with Crippen LogP contribution in [0.2, 0.25) is 5.02 Å². The highest BCUT2D eigenvalue weighted by Crippen LogP contribution is 2.30. The molecule has 0 spiro atoms. The van der Waals surface area contributed by atoms with E-state index in [1.54, 1.807) is 4.90 Å². The number of amides is 1. The molecule has 0 saturated carbocycles. The highest BCUT2D eigenvalue weighted by molar-refractivity contribution is 6.31. The standard InChI is InChI=1S/C19H21ClF2N6O2/c1-10-15(22)16(30-3)26-19(25-10)28-7-6-24-18(23)27(2)17(29)13(9-28)12-8-11(21)4-5-14(12)20/h4-5,8,13H,6-7,9H2,1-3H3,(H2,23,24)/t13-/m1/s1. The van der Waals surface area contributed by atoms with E-state index in [0.717, 1.165) is 4.90 Å². The van der Waals surface area contributed by atoms with Gasteiger partial charge in [-0.05, 0) is 30.7 Å². The summed E-state index contributed by atoms with van der Waals surface area (Å²) in [4.78, 5) is 24.3. The number of anilines is 1. The third-order valence-corrected chi connectivity index (χ3v) is 5.17. The SMILES string of the molecule is COc1nc(N2CCNC(=N)N(C)C(=O)[C@@H](c3cc(F)ccc3Cl)C2)nc(C)c1F. The largest absolute Gasteiger partial charge is 0.479 e. The molecule has 0 bridgehead atoms. The van der Waals surface area contributed by atoms with Gasteiger partial charge in [0.1, 0.15) is 5.82 Å². The van der Waals surface area contributed by atoms with Crippen LogP contribution in [0, 0.1) is 24.0 Å². The van der Waals surface area contributed by atoms with E-state index in [2.05, 4.69) is 15.3 Å². The molecule has 2 aromatic rings. The number of hydrogen-bond donors (Lipinski definition) is 2. The summed E-state index contributed by atoms with van der Waals surface area (Å²) in [5.41, 5.74) is 0.361. The van der Waals surface area contributed by atoms with Crippen molar-refractivity contribution >= 4 is 29.4 Å². The van der Waals surface area contributed by atoms with E-state index in [1.807, 2.05) is 0 Å². The van der Waals surface area contributed by atoms with E-state index >= 15 is 0 Å². The second kappa shape index (κ2) is 8.78. The number of benzene rings is 1. The Morgan fingerprint density at radius 2 is 2.07 bits per heavy atom. The van der Waals surface area contributed by atoms with Crippen LogP contribution in [-0.4, -0.2) is 60.5 Å². The minimum absolute atomic E-state index is 0.0372. The molecule has 1 fully saturated rings. The molecule has 160 valence electrons. The molecule has 11 heteroatoms. The zero-order valence-electron chi connectivity index (χ0n) is 16.7. The second-order valence-electron chi connectivity index (χ2n) is 6.77. The average molecular weight is 439 g/mol. The molecule has 1 aliphatic rings. The molecule has 2 heterocycles. The molecule has 1 saturated heterocycles. The number of carbonyl (C=O) groups is 1. The Balaban J connectivity index is 2.09. The molecular formula is C19H21ClF2N6O2. The van der Waals surface area contributed by atoms with Gasteiger partial charge >= 0.3 is 0 Å². The number of aryl methyl sites for hydroxylation is 1. The molecule has 1 aromatic heterocycles. The number of ether oxygens (including phenoxy) is 1. The van der Waals surface area contributed by atoms with E-state index in [-0.39, 0.29) is 40.6 Å². The molecular weight excluding hydrogens is 418 g/mol. The Labute approximate surface area is 177 Å². The van der Waals surface area contributed by atoms with Crippen LogP contribution in [-0.2, 0) is 4.79 Å². The zero-order valence-corrected chi connectivity index (χ0v) is 17.4. The number of halogens is 3. The molecule has 0 unspecified atom stereocenters. The maximum absolute atomic E-state index is 14.1. The van der Waals surface area contributed by atoms with Gasteiger partial charge < -0.3 is 15.0 Å². The lowest BCUT2D eigenvalue weighted by Gasteiger charge is -2.28.